The molecule has 13 heavy (non-hydrogen) atoms. The lowest BCUT2D eigenvalue weighted by atomic mass is 10.1. The number of ketones is 1. The molecule has 0 bridgehead atoms. The summed E-state index contributed by atoms with van der Waals surface area (Å²) in [5.41, 5.74) is 0. The molecule has 0 aliphatic heterocycles. The molecular weight excluding hydrogens is 160 g/mol. The summed E-state index contributed by atoms with van der Waals surface area (Å²) in [6.45, 7) is 3.97. The minimum Gasteiger partial charge on any atom is -0.299 e. The molecule has 0 N–H and O–H groups in total. The molecule has 1 heteroatoms. The topological polar surface area (TPSA) is 17.1 Å². The Morgan fingerprint density at radius 3 is 2.46 bits per heavy atom. The monoisotopic (exact) mass is 180 g/mol. The van der Waals surface area contributed by atoms with Crippen molar-refractivity contribution in [1.29, 1.82) is 0 Å². The summed E-state index contributed by atoms with van der Waals surface area (Å²) < 4.78 is 0. The van der Waals surface area contributed by atoms with Gasteiger partial charge >= 0.3 is 0 Å². The van der Waals surface area contributed by atoms with E-state index in [0.717, 1.165) is 12.8 Å². The molecule has 0 unspecified atom stereocenters. The summed E-state index contributed by atoms with van der Waals surface area (Å²) in [4.78, 5) is 11.1. The van der Waals surface area contributed by atoms with E-state index >= 15 is 0 Å². The number of carbonyl (C=O) groups excluding carboxylic acids is 1. The molecule has 0 aromatic heterocycles. The Hall–Kier alpha value is -0.770. The summed E-state index contributed by atoms with van der Waals surface area (Å²) in [6, 6.07) is 0. The first-order valence-corrected chi connectivity index (χ1v) is 5.22. The minimum absolute atomic E-state index is 0.297. The Balaban J connectivity index is 3.20. The third kappa shape index (κ3) is 9.14. The van der Waals surface area contributed by atoms with Crippen LogP contribution in [0.2, 0.25) is 0 Å². The molecule has 0 heterocycles. The fraction of sp³-hybridized carbons (Fsp3) is 0.750. The van der Waals surface area contributed by atoms with Crippen LogP contribution in [0, 0.1) is 11.8 Å². The van der Waals surface area contributed by atoms with Crippen LogP contribution in [-0.4, -0.2) is 5.78 Å². The fourth-order valence-corrected chi connectivity index (χ4v) is 1.20. The molecule has 0 saturated carbocycles. The zero-order valence-corrected chi connectivity index (χ0v) is 8.86. The molecule has 1 nitrogen and oxygen atoms in total. The van der Waals surface area contributed by atoms with Crippen LogP contribution in [0.25, 0.3) is 0 Å². The number of Topliss-reactive ketones (excluding diaryl/α,β-unsaturated/α-hetero) is 1. The normalized spacial score (nSPS) is 9.08. The summed E-state index contributed by atoms with van der Waals surface area (Å²) in [5.74, 6) is 5.84. The standard InChI is InChI=1S/C12H20O/c1-3-5-7-8-9-11-12(13)10-6-4-2/h3,5,7-11H2,1-2H3. The molecule has 0 spiro atoms. The second-order valence-electron chi connectivity index (χ2n) is 3.31. The number of hydrogen-bond acceptors (Lipinski definition) is 1. The van der Waals surface area contributed by atoms with E-state index < -0.39 is 0 Å². The predicted molar refractivity (Wildman–Crippen MR) is 56.5 cm³/mol. The zero-order chi connectivity index (χ0) is 9.94. The third-order valence-corrected chi connectivity index (χ3v) is 2.02. The van der Waals surface area contributed by atoms with Crippen molar-refractivity contribution in [2.45, 2.75) is 58.8 Å². The van der Waals surface area contributed by atoms with E-state index in [1.165, 1.54) is 25.7 Å². The van der Waals surface area contributed by atoms with Crippen molar-refractivity contribution in [3.63, 3.8) is 0 Å². The highest BCUT2D eigenvalue weighted by Gasteiger charge is 1.98. The smallest absolute Gasteiger partial charge is 0.144 e. The van der Waals surface area contributed by atoms with Crippen molar-refractivity contribution in [2.24, 2.45) is 0 Å². The van der Waals surface area contributed by atoms with Crippen molar-refractivity contribution in [2.75, 3.05) is 0 Å². The van der Waals surface area contributed by atoms with E-state index in [-0.39, 0.29) is 0 Å². The molecule has 0 rings (SSSR count). The molecule has 0 fully saturated rings. The Labute approximate surface area is 81.9 Å². The van der Waals surface area contributed by atoms with Gasteiger partial charge in [-0.15, -0.1) is 5.92 Å². The van der Waals surface area contributed by atoms with E-state index in [1.54, 1.807) is 6.92 Å². The van der Waals surface area contributed by atoms with Gasteiger partial charge < -0.3 is 0 Å². The van der Waals surface area contributed by atoms with Gasteiger partial charge in [-0.3, -0.25) is 4.79 Å². The molecule has 0 aliphatic rings. The van der Waals surface area contributed by atoms with Crippen LogP contribution in [0.5, 0.6) is 0 Å². The summed E-state index contributed by atoms with van der Waals surface area (Å²) >= 11 is 0. The maximum atomic E-state index is 11.1. The van der Waals surface area contributed by atoms with E-state index in [0.29, 0.717) is 12.2 Å². The molecule has 0 amide bonds. The third-order valence-electron chi connectivity index (χ3n) is 2.02. The highest BCUT2D eigenvalue weighted by atomic mass is 16.1. The van der Waals surface area contributed by atoms with Crippen molar-refractivity contribution in [3.8, 4) is 11.8 Å². The van der Waals surface area contributed by atoms with Crippen molar-refractivity contribution >= 4 is 5.78 Å². The molecule has 0 aromatic rings. The lowest BCUT2D eigenvalue weighted by Crippen LogP contribution is -1.95. The van der Waals surface area contributed by atoms with Gasteiger partial charge in [0.05, 0.1) is 6.42 Å². The highest BCUT2D eigenvalue weighted by Crippen LogP contribution is 2.05. The lowest BCUT2D eigenvalue weighted by molar-refractivity contribution is -0.118. The van der Waals surface area contributed by atoms with E-state index in [1.807, 2.05) is 0 Å². The Bertz CT molecular complexity index is 183. The Kier molecular flexibility index (Phi) is 8.77. The van der Waals surface area contributed by atoms with Gasteiger partial charge in [0, 0.05) is 6.42 Å². The van der Waals surface area contributed by atoms with Gasteiger partial charge in [-0.05, 0) is 13.3 Å². The van der Waals surface area contributed by atoms with Gasteiger partial charge in [0.2, 0.25) is 0 Å². The fourth-order valence-electron chi connectivity index (χ4n) is 1.20. The largest absolute Gasteiger partial charge is 0.299 e. The number of unbranched alkanes of at least 4 members (excludes halogenated alkanes) is 4. The molecule has 0 aromatic carbocycles. The van der Waals surface area contributed by atoms with Gasteiger partial charge in [-0.1, -0.05) is 38.5 Å². The first-order chi connectivity index (χ1) is 6.31. The molecule has 0 atom stereocenters. The van der Waals surface area contributed by atoms with Crippen molar-refractivity contribution in [1.82, 2.24) is 0 Å². The second kappa shape index (κ2) is 9.32. The highest BCUT2D eigenvalue weighted by molar-refractivity contribution is 5.80. The van der Waals surface area contributed by atoms with Crippen LogP contribution in [0.4, 0.5) is 0 Å². The summed E-state index contributed by atoms with van der Waals surface area (Å²) in [5, 5.41) is 0. The minimum atomic E-state index is 0.297. The van der Waals surface area contributed by atoms with Crippen LogP contribution < -0.4 is 0 Å². The molecule has 0 saturated heterocycles. The molecular formula is C12H20O. The number of hydrogen-bond donors (Lipinski definition) is 0. The van der Waals surface area contributed by atoms with Crippen LogP contribution in [0.15, 0.2) is 0 Å². The van der Waals surface area contributed by atoms with Crippen molar-refractivity contribution < 1.29 is 4.79 Å². The van der Waals surface area contributed by atoms with Gasteiger partial charge in [-0.25, -0.2) is 0 Å². The van der Waals surface area contributed by atoms with Gasteiger partial charge in [0.15, 0.2) is 0 Å². The number of carbonyl (C=O) groups is 1. The number of rotatable bonds is 7. The Morgan fingerprint density at radius 2 is 1.85 bits per heavy atom. The molecule has 0 aliphatic carbocycles. The average molecular weight is 180 g/mol. The van der Waals surface area contributed by atoms with Gasteiger partial charge in [0.1, 0.15) is 5.78 Å². The van der Waals surface area contributed by atoms with Crippen LogP contribution in [0.3, 0.4) is 0 Å². The second-order valence-corrected chi connectivity index (χ2v) is 3.31. The molecule has 0 radical (unpaired) electrons. The SMILES string of the molecule is CC#CCC(=O)CCCCCCC. The average Bonchev–Trinajstić information content (AvgIpc) is 2.14. The van der Waals surface area contributed by atoms with Crippen LogP contribution >= 0.6 is 0 Å². The molecule has 74 valence electrons. The summed E-state index contributed by atoms with van der Waals surface area (Å²) in [6.07, 6.45) is 7.23. The van der Waals surface area contributed by atoms with Crippen LogP contribution in [-0.2, 0) is 4.79 Å². The summed E-state index contributed by atoms with van der Waals surface area (Å²) in [7, 11) is 0. The van der Waals surface area contributed by atoms with Gasteiger partial charge in [-0.2, -0.15) is 0 Å². The van der Waals surface area contributed by atoms with E-state index in [9.17, 15) is 4.79 Å². The van der Waals surface area contributed by atoms with Crippen LogP contribution in [0.1, 0.15) is 58.8 Å². The maximum Gasteiger partial charge on any atom is 0.144 e. The van der Waals surface area contributed by atoms with E-state index in [2.05, 4.69) is 18.8 Å². The van der Waals surface area contributed by atoms with Gasteiger partial charge in [0.25, 0.3) is 0 Å². The van der Waals surface area contributed by atoms with E-state index in [4.69, 9.17) is 0 Å². The zero-order valence-electron chi connectivity index (χ0n) is 8.86. The Morgan fingerprint density at radius 1 is 1.15 bits per heavy atom. The maximum absolute atomic E-state index is 11.1. The predicted octanol–water partition coefficient (Wildman–Crippen LogP) is 3.33. The van der Waals surface area contributed by atoms with Crippen molar-refractivity contribution in [3.05, 3.63) is 0 Å². The first kappa shape index (κ1) is 12.2. The quantitative estimate of drug-likeness (QED) is 0.434. The lowest BCUT2D eigenvalue weighted by Gasteiger charge is -1.97. The first-order valence-electron chi connectivity index (χ1n) is 5.22.